The first-order valence-corrected chi connectivity index (χ1v) is 5.34. The van der Waals surface area contributed by atoms with Gasteiger partial charge in [-0.2, -0.15) is 57.1 Å². The Hall–Kier alpha value is -1.94. The highest BCUT2D eigenvalue weighted by Crippen LogP contribution is 2.52. The van der Waals surface area contributed by atoms with Crippen LogP contribution in [0.15, 0.2) is 12.1 Å². The summed E-state index contributed by atoms with van der Waals surface area (Å²) in [5.74, 6) is -17.0. The third-order valence-electron chi connectivity index (χ3n) is 2.20. The minimum atomic E-state index is -7.27. The van der Waals surface area contributed by atoms with Gasteiger partial charge < -0.3 is 9.47 Å². The van der Waals surface area contributed by atoms with Crippen LogP contribution in [0.4, 0.5) is 57.1 Å². The Morgan fingerprint density at radius 3 is 1.46 bits per heavy atom. The van der Waals surface area contributed by atoms with Crippen molar-refractivity contribution in [2.75, 3.05) is 7.11 Å². The van der Waals surface area contributed by atoms with E-state index in [2.05, 4.69) is 4.74 Å². The smallest absolute Gasteiger partial charge is 0.465 e. The van der Waals surface area contributed by atoms with Gasteiger partial charge in [-0.3, -0.25) is 4.74 Å². The molecule has 0 bridgehead atoms. The van der Waals surface area contributed by atoms with Crippen LogP contribution in [0.5, 0.6) is 0 Å². The van der Waals surface area contributed by atoms with Crippen molar-refractivity contribution >= 4 is 5.97 Å². The Morgan fingerprint density at radius 1 is 0.769 bits per heavy atom. The van der Waals surface area contributed by atoms with Gasteiger partial charge in [0.1, 0.15) is 0 Å². The molecule has 0 aliphatic rings. The van der Waals surface area contributed by atoms with Crippen molar-refractivity contribution in [3.05, 3.63) is 12.1 Å². The molecule has 0 fully saturated rings. The number of ether oxygens (including phenoxy) is 3. The summed E-state index contributed by atoms with van der Waals surface area (Å²) in [6, 6.07) is -3.94. The molecular formula is C9H3F13O4. The van der Waals surface area contributed by atoms with Gasteiger partial charge in [-0.25, -0.2) is 4.79 Å². The van der Waals surface area contributed by atoms with Crippen molar-refractivity contribution in [3.8, 4) is 0 Å². The molecule has 17 heteroatoms. The lowest BCUT2D eigenvalue weighted by molar-refractivity contribution is -0.494. The Labute approximate surface area is 133 Å². The average molecular weight is 422 g/mol. The van der Waals surface area contributed by atoms with Gasteiger partial charge in [-0.15, -0.1) is 0 Å². The van der Waals surface area contributed by atoms with Crippen LogP contribution >= 0.6 is 0 Å². The van der Waals surface area contributed by atoms with Crippen molar-refractivity contribution in [1.29, 1.82) is 0 Å². The molecule has 0 amide bonds. The highest BCUT2D eigenvalue weighted by atomic mass is 19.4. The lowest BCUT2D eigenvalue weighted by atomic mass is 10.2. The monoisotopic (exact) mass is 422 g/mol. The number of esters is 1. The standard InChI is InChI=1S/C9H3F13O4/c1-24-4(23)5(13,7(15,16)17)26-9(21,22)6(14,8(18,19)20)25-3(12)2(10)11/h1H3. The molecule has 4 nitrogen and oxygen atoms in total. The van der Waals surface area contributed by atoms with E-state index in [0.717, 1.165) is 0 Å². The highest BCUT2D eigenvalue weighted by Gasteiger charge is 2.81. The van der Waals surface area contributed by atoms with Crippen LogP contribution in [0.1, 0.15) is 0 Å². The number of methoxy groups -OCH3 is 1. The maximum atomic E-state index is 13.5. The third-order valence-corrected chi connectivity index (χ3v) is 2.20. The highest BCUT2D eigenvalue weighted by molar-refractivity contribution is 5.78. The van der Waals surface area contributed by atoms with Crippen LogP contribution < -0.4 is 0 Å². The van der Waals surface area contributed by atoms with Crippen LogP contribution in [0.25, 0.3) is 0 Å². The van der Waals surface area contributed by atoms with Crippen LogP contribution in [0, 0.1) is 0 Å². The Morgan fingerprint density at radius 2 is 1.19 bits per heavy atom. The molecule has 0 radical (unpaired) electrons. The van der Waals surface area contributed by atoms with E-state index < -0.39 is 48.2 Å². The number of rotatable bonds is 6. The van der Waals surface area contributed by atoms with Crippen molar-refractivity contribution < 1.29 is 76.1 Å². The quantitative estimate of drug-likeness (QED) is 0.365. The minimum absolute atomic E-state index is 0.0618. The molecule has 0 heterocycles. The summed E-state index contributed by atoms with van der Waals surface area (Å²) < 4.78 is 170. The van der Waals surface area contributed by atoms with Gasteiger partial charge in [0.2, 0.25) is 0 Å². The van der Waals surface area contributed by atoms with Crippen LogP contribution in [-0.4, -0.2) is 43.2 Å². The third kappa shape index (κ3) is 4.24. The Kier molecular flexibility index (Phi) is 6.47. The lowest BCUT2D eigenvalue weighted by Gasteiger charge is -2.36. The first-order chi connectivity index (χ1) is 11.3. The molecule has 0 rings (SSSR count). The molecule has 26 heavy (non-hydrogen) atoms. The second kappa shape index (κ2) is 6.99. The number of halogens is 13. The van der Waals surface area contributed by atoms with Gasteiger partial charge in [-0.1, -0.05) is 0 Å². The predicted molar refractivity (Wildman–Crippen MR) is 49.3 cm³/mol. The summed E-state index contributed by atoms with van der Waals surface area (Å²) in [5.41, 5.74) is 0. The molecule has 0 N–H and O–H groups in total. The summed E-state index contributed by atoms with van der Waals surface area (Å²) in [7, 11) is -0.0618. The molecule has 0 saturated heterocycles. The van der Waals surface area contributed by atoms with Crippen LogP contribution in [0.3, 0.4) is 0 Å². The number of carbonyl (C=O) groups excluding carboxylic acids is 1. The van der Waals surface area contributed by atoms with Gasteiger partial charge in [0.15, 0.2) is 0 Å². The summed E-state index contributed by atoms with van der Waals surface area (Å²) in [6.45, 7) is 0. The molecule has 0 aliphatic carbocycles. The molecule has 0 aromatic heterocycles. The van der Waals surface area contributed by atoms with Crippen LogP contribution in [0.2, 0.25) is 0 Å². The lowest BCUT2D eigenvalue weighted by Crippen LogP contribution is -2.64. The SMILES string of the molecule is COC(=O)C(F)(OC(F)(F)C(F)(OC(F)=C(F)F)C(F)(F)F)C(F)(F)F. The molecule has 0 aromatic rings. The van der Waals surface area contributed by atoms with Crippen LogP contribution in [-0.2, 0) is 19.0 Å². The van der Waals surface area contributed by atoms with Crippen molar-refractivity contribution in [2.45, 2.75) is 30.2 Å². The van der Waals surface area contributed by atoms with Gasteiger partial charge in [0, 0.05) is 0 Å². The van der Waals surface area contributed by atoms with Gasteiger partial charge in [0.25, 0.3) is 0 Å². The maximum absolute atomic E-state index is 13.5. The van der Waals surface area contributed by atoms with E-state index in [4.69, 9.17) is 0 Å². The molecule has 0 aliphatic heterocycles. The molecule has 2 unspecified atom stereocenters. The molecule has 0 spiro atoms. The summed E-state index contributed by atoms with van der Waals surface area (Å²) >= 11 is 0. The average Bonchev–Trinajstić information content (AvgIpc) is 2.42. The van der Waals surface area contributed by atoms with Crippen molar-refractivity contribution in [1.82, 2.24) is 0 Å². The summed E-state index contributed by atoms with van der Waals surface area (Å²) in [6.07, 6.45) is -25.3. The van der Waals surface area contributed by atoms with E-state index in [1.165, 1.54) is 0 Å². The Bertz CT molecular complexity index is 563. The maximum Gasteiger partial charge on any atom is 0.470 e. The molecule has 154 valence electrons. The predicted octanol–water partition coefficient (Wildman–Crippen LogP) is 4.28. The van der Waals surface area contributed by atoms with Crippen molar-refractivity contribution in [3.63, 3.8) is 0 Å². The molecule has 2 atom stereocenters. The minimum Gasteiger partial charge on any atom is -0.465 e. The molecular weight excluding hydrogens is 419 g/mol. The fraction of sp³-hybridized carbons (Fsp3) is 0.667. The first-order valence-electron chi connectivity index (χ1n) is 5.34. The zero-order valence-electron chi connectivity index (χ0n) is 11.5. The Balaban J connectivity index is 6.34. The fourth-order valence-corrected chi connectivity index (χ4v) is 1.03. The largest absolute Gasteiger partial charge is 0.470 e. The number of hydrogen-bond donors (Lipinski definition) is 0. The van der Waals surface area contributed by atoms with Gasteiger partial charge >= 0.3 is 48.2 Å². The first kappa shape index (κ1) is 24.1. The van der Waals surface area contributed by atoms with E-state index in [-0.39, 0.29) is 7.11 Å². The number of hydrogen-bond acceptors (Lipinski definition) is 4. The van der Waals surface area contributed by atoms with E-state index >= 15 is 0 Å². The molecule has 0 saturated carbocycles. The molecule has 0 aromatic carbocycles. The summed E-state index contributed by atoms with van der Waals surface area (Å²) in [5, 5.41) is 0. The zero-order valence-corrected chi connectivity index (χ0v) is 11.5. The topological polar surface area (TPSA) is 44.8 Å². The second-order valence-corrected chi connectivity index (χ2v) is 3.93. The van der Waals surface area contributed by atoms with E-state index in [0.29, 0.717) is 0 Å². The second-order valence-electron chi connectivity index (χ2n) is 3.93. The van der Waals surface area contributed by atoms with E-state index in [9.17, 15) is 61.9 Å². The van der Waals surface area contributed by atoms with Gasteiger partial charge in [0.05, 0.1) is 7.11 Å². The van der Waals surface area contributed by atoms with E-state index in [1.807, 2.05) is 9.47 Å². The number of carbonyl (C=O) groups is 1. The van der Waals surface area contributed by atoms with E-state index in [1.54, 1.807) is 0 Å². The number of alkyl halides is 10. The summed E-state index contributed by atoms with van der Waals surface area (Å²) in [4.78, 5) is 10.6. The van der Waals surface area contributed by atoms with Crippen molar-refractivity contribution in [2.24, 2.45) is 0 Å². The normalized spacial score (nSPS) is 17.8. The zero-order chi connectivity index (χ0) is 21.4. The van der Waals surface area contributed by atoms with Gasteiger partial charge in [-0.05, 0) is 0 Å². The fourth-order valence-electron chi connectivity index (χ4n) is 1.03.